The topological polar surface area (TPSA) is 90.7 Å². The number of nitriles is 1. The van der Waals surface area contributed by atoms with Gasteiger partial charge >= 0.3 is 0 Å². The second-order valence-electron chi connectivity index (χ2n) is 5.20. The predicted molar refractivity (Wildman–Crippen MR) is 101 cm³/mol. The molecular formula is C18H11Cl2N5O. The van der Waals surface area contributed by atoms with Gasteiger partial charge in [0.2, 0.25) is 0 Å². The van der Waals surface area contributed by atoms with Gasteiger partial charge in [0.05, 0.1) is 22.3 Å². The van der Waals surface area contributed by atoms with E-state index in [0.29, 0.717) is 32.8 Å². The summed E-state index contributed by atoms with van der Waals surface area (Å²) >= 11 is 12.0. The number of carbonyl (C=O) groups excluding carboxylic acids is 1. The normalized spacial score (nSPS) is 10.0. The van der Waals surface area contributed by atoms with Crippen LogP contribution < -0.4 is 10.6 Å². The Bertz CT molecular complexity index is 982. The van der Waals surface area contributed by atoms with Crippen LogP contribution in [0.25, 0.3) is 0 Å². The first-order valence-corrected chi connectivity index (χ1v) is 8.18. The molecule has 3 rings (SSSR count). The van der Waals surface area contributed by atoms with E-state index in [1.54, 1.807) is 48.5 Å². The van der Waals surface area contributed by atoms with Crippen LogP contribution in [-0.4, -0.2) is 16.1 Å². The molecule has 0 aliphatic carbocycles. The highest BCUT2D eigenvalue weighted by Gasteiger charge is 2.10. The SMILES string of the molecule is N#Cc1ccc(NC(=O)c2ccc(Nc3ccc(Cl)cc3Cl)nn2)cc1. The highest BCUT2D eigenvalue weighted by Crippen LogP contribution is 2.27. The molecule has 128 valence electrons. The predicted octanol–water partition coefficient (Wildman–Crippen LogP) is 4.65. The number of benzene rings is 2. The number of carbonyl (C=O) groups is 1. The van der Waals surface area contributed by atoms with Crippen molar-refractivity contribution in [2.75, 3.05) is 10.6 Å². The second kappa shape index (κ2) is 7.83. The molecule has 0 bridgehead atoms. The summed E-state index contributed by atoms with van der Waals surface area (Å²) in [7, 11) is 0. The first-order valence-electron chi connectivity index (χ1n) is 7.42. The van der Waals surface area contributed by atoms with E-state index in [9.17, 15) is 4.79 Å². The zero-order valence-corrected chi connectivity index (χ0v) is 14.7. The lowest BCUT2D eigenvalue weighted by atomic mass is 10.2. The molecule has 1 aromatic heterocycles. The molecule has 0 spiro atoms. The monoisotopic (exact) mass is 383 g/mol. The first-order chi connectivity index (χ1) is 12.5. The summed E-state index contributed by atoms with van der Waals surface area (Å²) in [6.07, 6.45) is 0. The number of hydrogen-bond acceptors (Lipinski definition) is 5. The smallest absolute Gasteiger partial charge is 0.276 e. The van der Waals surface area contributed by atoms with E-state index in [2.05, 4.69) is 20.8 Å². The van der Waals surface area contributed by atoms with Crippen LogP contribution in [0.5, 0.6) is 0 Å². The maximum Gasteiger partial charge on any atom is 0.276 e. The molecule has 6 nitrogen and oxygen atoms in total. The van der Waals surface area contributed by atoms with E-state index in [1.165, 1.54) is 6.07 Å². The summed E-state index contributed by atoms with van der Waals surface area (Å²) < 4.78 is 0. The van der Waals surface area contributed by atoms with Crippen LogP contribution in [0, 0.1) is 11.3 Å². The van der Waals surface area contributed by atoms with Gasteiger partial charge < -0.3 is 10.6 Å². The van der Waals surface area contributed by atoms with Gasteiger partial charge in [-0.15, -0.1) is 10.2 Å². The van der Waals surface area contributed by atoms with Gasteiger partial charge in [0.15, 0.2) is 11.5 Å². The molecule has 0 saturated heterocycles. The third-order valence-electron chi connectivity index (χ3n) is 3.36. The fourth-order valence-electron chi connectivity index (χ4n) is 2.07. The minimum absolute atomic E-state index is 0.155. The Morgan fingerprint density at radius 3 is 2.38 bits per heavy atom. The van der Waals surface area contributed by atoms with E-state index in [0.717, 1.165) is 0 Å². The number of anilines is 3. The number of nitrogens with one attached hydrogen (secondary N) is 2. The van der Waals surface area contributed by atoms with Crippen LogP contribution in [0.15, 0.2) is 54.6 Å². The van der Waals surface area contributed by atoms with Crippen LogP contribution in [0.4, 0.5) is 17.2 Å². The summed E-state index contributed by atoms with van der Waals surface area (Å²) in [5.74, 6) is 0.0300. The molecule has 1 amide bonds. The minimum atomic E-state index is -0.404. The fourth-order valence-corrected chi connectivity index (χ4v) is 2.53. The number of amides is 1. The van der Waals surface area contributed by atoms with E-state index in [-0.39, 0.29) is 5.69 Å². The van der Waals surface area contributed by atoms with Gasteiger partial charge in [-0.1, -0.05) is 23.2 Å². The van der Waals surface area contributed by atoms with Crippen molar-refractivity contribution in [3.8, 4) is 6.07 Å². The van der Waals surface area contributed by atoms with Crippen molar-refractivity contribution in [3.05, 3.63) is 75.9 Å². The molecule has 2 aromatic carbocycles. The Morgan fingerprint density at radius 1 is 1.00 bits per heavy atom. The van der Waals surface area contributed by atoms with Crippen molar-refractivity contribution in [2.24, 2.45) is 0 Å². The number of hydrogen-bond donors (Lipinski definition) is 2. The zero-order chi connectivity index (χ0) is 18.5. The van der Waals surface area contributed by atoms with Gasteiger partial charge in [-0.3, -0.25) is 4.79 Å². The van der Waals surface area contributed by atoms with Gasteiger partial charge in [-0.2, -0.15) is 5.26 Å². The summed E-state index contributed by atoms with van der Waals surface area (Å²) in [5, 5.41) is 23.3. The number of rotatable bonds is 4. The summed E-state index contributed by atoms with van der Waals surface area (Å²) in [6, 6.07) is 16.7. The Balaban J connectivity index is 1.68. The van der Waals surface area contributed by atoms with Crippen molar-refractivity contribution in [2.45, 2.75) is 0 Å². The van der Waals surface area contributed by atoms with Gasteiger partial charge in [0.25, 0.3) is 5.91 Å². The third kappa shape index (κ3) is 4.28. The molecule has 0 fully saturated rings. The third-order valence-corrected chi connectivity index (χ3v) is 3.91. The zero-order valence-electron chi connectivity index (χ0n) is 13.2. The fraction of sp³-hybridized carbons (Fsp3) is 0. The number of nitrogens with zero attached hydrogens (tertiary/aromatic N) is 3. The van der Waals surface area contributed by atoms with Gasteiger partial charge in [-0.25, -0.2) is 0 Å². The first kappa shape index (κ1) is 17.7. The summed E-state index contributed by atoms with van der Waals surface area (Å²) in [4.78, 5) is 12.2. The molecule has 0 unspecified atom stereocenters. The molecule has 3 aromatic rings. The second-order valence-corrected chi connectivity index (χ2v) is 6.04. The minimum Gasteiger partial charge on any atom is -0.338 e. The standard InChI is InChI=1S/C18H11Cl2N5O/c19-12-3-6-15(14(20)9-12)23-17-8-7-16(24-25-17)18(26)22-13-4-1-11(10-21)2-5-13/h1-9H,(H,22,26)(H,23,25). The lowest BCUT2D eigenvalue weighted by Gasteiger charge is -2.08. The average molecular weight is 384 g/mol. The van der Waals surface area contributed by atoms with Crippen LogP contribution in [0.2, 0.25) is 10.0 Å². The largest absolute Gasteiger partial charge is 0.338 e. The molecule has 2 N–H and O–H groups in total. The molecule has 8 heteroatoms. The maximum atomic E-state index is 12.2. The molecule has 0 atom stereocenters. The van der Waals surface area contributed by atoms with E-state index < -0.39 is 5.91 Å². The molecule has 0 aliphatic rings. The van der Waals surface area contributed by atoms with E-state index in [1.807, 2.05) is 6.07 Å². The lowest BCUT2D eigenvalue weighted by molar-refractivity contribution is 0.102. The van der Waals surface area contributed by atoms with Gasteiger partial charge in [0, 0.05) is 10.7 Å². The Kier molecular flexibility index (Phi) is 5.32. The quantitative estimate of drug-likeness (QED) is 0.683. The van der Waals surface area contributed by atoms with Crippen molar-refractivity contribution in [1.82, 2.24) is 10.2 Å². The van der Waals surface area contributed by atoms with Crippen LogP contribution in [-0.2, 0) is 0 Å². The van der Waals surface area contributed by atoms with Crippen molar-refractivity contribution >= 4 is 46.3 Å². The summed E-state index contributed by atoms with van der Waals surface area (Å²) in [6.45, 7) is 0. The Morgan fingerprint density at radius 2 is 1.77 bits per heavy atom. The molecule has 1 heterocycles. The lowest BCUT2D eigenvalue weighted by Crippen LogP contribution is -2.14. The van der Waals surface area contributed by atoms with Crippen molar-refractivity contribution in [3.63, 3.8) is 0 Å². The highest BCUT2D eigenvalue weighted by atomic mass is 35.5. The molecule has 26 heavy (non-hydrogen) atoms. The Labute approximate surface area is 159 Å². The Hall–Kier alpha value is -3.14. The van der Waals surface area contributed by atoms with E-state index >= 15 is 0 Å². The molecular weight excluding hydrogens is 373 g/mol. The highest BCUT2D eigenvalue weighted by molar-refractivity contribution is 6.36. The molecule has 0 radical (unpaired) electrons. The van der Waals surface area contributed by atoms with Crippen LogP contribution in [0.3, 0.4) is 0 Å². The van der Waals surface area contributed by atoms with Crippen LogP contribution in [0.1, 0.15) is 16.1 Å². The maximum absolute atomic E-state index is 12.2. The molecule has 0 saturated carbocycles. The number of halogens is 2. The van der Waals surface area contributed by atoms with Gasteiger partial charge in [-0.05, 0) is 54.6 Å². The molecule has 0 aliphatic heterocycles. The van der Waals surface area contributed by atoms with Crippen molar-refractivity contribution < 1.29 is 4.79 Å². The summed E-state index contributed by atoms with van der Waals surface area (Å²) in [5.41, 5.74) is 1.85. The number of aromatic nitrogens is 2. The average Bonchev–Trinajstić information content (AvgIpc) is 2.65. The van der Waals surface area contributed by atoms with E-state index in [4.69, 9.17) is 28.5 Å². The van der Waals surface area contributed by atoms with Gasteiger partial charge in [0.1, 0.15) is 0 Å². The van der Waals surface area contributed by atoms with Crippen LogP contribution >= 0.6 is 23.2 Å². The van der Waals surface area contributed by atoms with Crippen molar-refractivity contribution in [1.29, 1.82) is 5.26 Å².